The average molecular weight is 216 g/mol. The standard InChI is InChI=1S/C11H24N2O2/c1-9(2)13-11(15)10(3)12-7-5-4-6-8-14/h9-10,12,14H,4-8H2,1-3H3,(H,13,15). The lowest BCUT2D eigenvalue weighted by atomic mass is 10.2. The summed E-state index contributed by atoms with van der Waals surface area (Å²) in [6.07, 6.45) is 2.84. The highest BCUT2D eigenvalue weighted by molar-refractivity contribution is 5.81. The topological polar surface area (TPSA) is 61.4 Å². The first-order valence-corrected chi connectivity index (χ1v) is 5.72. The lowest BCUT2D eigenvalue weighted by Gasteiger charge is -2.15. The zero-order valence-corrected chi connectivity index (χ0v) is 10.0. The van der Waals surface area contributed by atoms with E-state index in [0.717, 1.165) is 25.8 Å². The summed E-state index contributed by atoms with van der Waals surface area (Å²) in [5, 5.41) is 14.6. The number of hydrogen-bond donors (Lipinski definition) is 3. The van der Waals surface area contributed by atoms with Crippen LogP contribution in [0.4, 0.5) is 0 Å². The molecule has 4 heteroatoms. The van der Waals surface area contributed by atoms with Crippen LogP contribution in [0.25, 0.3) is 0 Å². The Morgan fingerprint density at radius 3 is 2.40 bits per heavy atom. The van der Waals surface area contributed by atoms with Crippen molar-refractivity contribution in [3.63, 3.8) is 0 Å². The van der Waals surface area contributed by atoms with Gasteiger partial charge in [-0.2, -0.15) is 0 Å². The number of hydrogen-bond acceptors (Lipinski definition) is 3. The first kappa shape index (κ1) is 14.4. The first-order chi connectivity index (χ1) is 7.07. The van der Waals surface area contributed by atoms with E-state index in [1.54, 1.807) is 0 Å². The van der Waals surface area contributed by atoms with Gasteiger partial charge in [-0.25, -0.2) is 0 Å². The van der Waals surface area contributed by atoms with E-state index in [4.69, 9.17) is 5.11 Å². The van der Waals surface area contributed by atoms with Gasteiger partial charge in [0, 0.05) is 12.6 Å². The number of carbonyl (C=O) groups excluding carboxylic acids is 1. The molecule has 1 unspecified atom stereocenters. The summed E-state index contributed by atoms with van der Waals surface area (Å²) < 4.78 is 0. The molecule has 0 heterocycles. The van der Waals surface area contributed by atoms with E-state index in [1.165, 1.54) is 0 Å². The zero-order chi connectivity index (χ0) is 11.7. The molecule has 4 nitrogen and oxygen atoms in total. The molecule has 0 fully saturated rings. The predicted molar refractivity (Wildman–Crippen MR) is 61.7 cm³/mol. The third-order valence-electron chi connectivity index (χ3n) is 2.11. The number of nitrogens with one attached hydrogen (secondary N) is 2. The number of amides is 1. The van der Waals surface area contributed by atoms with Crippen LogP contribution in [0.15, 0.2) is 0 Å². The van der Waals surface area contributed by atoms with Crippen molar-refractivity contribution in [3.05, 3.63) is 0 Å². The molecule has 0 aliphatic heterocycles. The molecule has 0 aliphatic carbocycles. The molecule has 0 aliphatic rings. The van der Waals surface area contributed by atoms with Crippen molar-refractivity contribution < 1.29 is 9.90 Å². The summed E-state index contributed by atoms with van der Waals surface area (Å²) in [6, 6.07) is 0.0534. The first-order valence-electron chi connectivity index (χ1n) is 5.72. The van der Waals surface area contributed by atoms with Crippen molar-refractivity contribution in [1.82, 2.24) is 10.6 Å². The Labute approximate surface area is 92.4 Å². The SMILES string of the molecule is CC(C)NC(=O)C(C)NCCCCCO. The Morgan fingerprint density at radius 1 is 1.20 bits per heavy atom. The molecule has 0 rings (SSSR count). The van der Waals surface area contributed by atoms with E-state index in [9.17, 15) is 4.79 Å². The van der Waals surface area contributed by atoms with Crippen LogP contribution in [0, 0.1) is 0 Å². The van der Waals surface area contributed by atoms with E-state index < -0.39 is 0 Å². The van der Waals surface area contributed by atoms with Crippen molar-refractivity contribution in [3.8, 4) is 0 Å². The van der Waals surface area contributed by atoms with Gasteiger partial charge >= 0.3 is 0 Å². The van der Waals surface area contributed by atoms with Crippen molar-refractivity contribution in [2.24, 2.45) is 0 Å². The fraction of sp³-hybridized carbons (Fsp3) is 0.909. The maximum Gasteiger partial charge on any atom is 0.237 e. The van der Waals surface area contributed by atoms with Gasteiger partial charge in [-0.15, -0.1) is 0 Å². The van der Waals surface area contributed by atoms with Gasteiger partial charge in [-0.05, 0) is 46.6 Å². The van der Waals surface area contributed by atoms with E-state index >= 15 is 0 Å². The molecule has 0 radical (unpaired) electrons. The van der Waals surface area contributed by atoms with Crippen LogP contribution < -0.4 is 10.6 Å². The number of unbranched alkanes of at least 4 members (excludes halogenated alkanes) is 2. The van der Waals surface area contributed by atoms with Gasteiger partial charge in [-0.3, -0.25) is 4.79 Å². The third-order valence-corrected chi connectivity index (χ3v) is 2.11. The summed E-state index contributed by atoms with van der Waals surface area (Å²) >= 11 is 0. The van der Waals surface area contributed by atoms with Crippen LogP contribution in [-0.2, 0) is 4.79 Å². The predicted octanol–water partition coefficient (Wildman–Crippen LogP) is 0.652. The average Bonchev–Trinajstić information content (AvgIpc) is 2.16. The third kappa shape index (κ3) is 8.39. The van der Waals surface area contributed by atoms with Crippen molar-refractivity contribution >= 4 is 5.91 Å². The summed E-state index contributed by atoms with van der Waals surface area (Å²) in [6.45, 7) is 6.84. The van der Waals surface area contributed by atoms with E-state index in [0.29, 0.717) is 0 Å². The maximum absolute atomic E-state index is 11.5. The van der Waals surface area contributed by atoms with Gasteiger partial charge in [0.25, 0.3) is 0 Å². The molecule has 90 valence electrons. The van der Waals surface area contributed by atoms with Crippen molar-refractivity contribution in [1.29, 1.82) is 0 Å². The van der Waals surface area contributed by atoms with Gasteiger partial charge in [0.15, 0.2) is 0 Å². The maximum atomic E-state index is 11.5. The van der Waals surface area contributed by atoms with Crippen molar-refractivity contribution in [2.75, 3.05) is 13.2 Å². The molecule has 15 heavy (non-hydrogen) atoms. The summed E-state index contributed by atoms with van der Waals surface area (Å²) in [5.41, 5.74) is 0. The number of carbonyl (C=O) groups is 1. The second kappa shape index (κ2) is 8.68. The van der Waals surface area contributed by atoms with E-state index in [-0.39, 0.29) is 24.6 Å². The Morgan fingerprint density at radius 2 is 1.87 bits per heavy atom. The van der Waals surface area contributed by atoms with Gasteiger partial charge in [0.2, 0.25) is 5.91 Å². The van der Waals surface area contributed by atoms with Gasteiger partial charge in [0.1, 0.15) is 0 Å². The van der Waals surface area contributed by atoms with Crippen molar-refractivity contribution in [2.45, 2.75) is 52.1 Å². The molecule has 0 aromatic carbocycles. The minimum atomic E-state index is -0.137. The summed E-state index contributed by atoms with van der Waals surface area (Å²) in [7, 11) is 0. The Kier molecular flexibility index (Phi) is 8.33. The minimum absolute atomic E-state index is 0.0483. The lowest BCUT2D eigenvalue weighted by molar-refractivity contribution is -0.123. The number of aliphatic hydroxyl groups excluding tert-OH is 1. The van der Waals surface area contributed by atoms with Crippen LogP contribution in [0.1, 0.15) is 40.0 Å². The van der Waals surface area contributed by atoms with Crippen LogP contribution in [-0.4, -0.2) is 36.2 Å². The number of rotatable bonds is 8. The van der Waals surface area contributed by atoms with Gasteiger partial charge in [-0.1, -0.05) is 0 Å². The second-order valence-corrected chi connectivity index (χ2v) is 4.12. The quantitative estimate of drug-likeness (QED) is 0.522. The molecule has 3 N–H and O–H groups in total. The monoisotopic (exact) mass is 216 g/mol. The van der Waals surface area contributed by atoms with Gasteiger partial charge < -0.3 is 15.7 Å². The molecule has 1 amide bonds. The largest absolute Gasteiger partial charge is 0.396 e. The minimum Gasteiger partial charge on any atom is -0.396 e. The van der Waals surface area contributed by atoms with E-state index in [1.807, 2.05) is 20.8 Å². The van der Waals surface area contributed by atoms with Crippen LogP contribution >= 0.6 is 0 Å². The fourth-order valence-corrected chi connectivity index (χ4v) is 1.23. The molecule has 0 bridgehead atoms. The Hall–Kier alpha value is -0.610. The van der Waals surface area contributed by atoms with Gasteiger partial charge in [0.05, 0.1) is 6.04 Å². The lowest BCUT2D eigenvalue weighted by Crippen LogP contribution is -2.44. The molecule has 1 atom stereocenters. The molecular formula is C11H24N2O2. The Bertz CT molecular complexity index is 172. The second-order valence-electron chi connectivity index (χ2n) is 4.12. The molecular weight excluding hydrogens is 192 g/mol. The highest BCUT2D eigenvalue weighted by Gasteiger charge is 2.11. The van der Waals surface area contributed by atoms with Crippen LogP contribution in [0.5, 0.6) is 0 Å². The van der Waals surface area contributed by atoms with E-state index in [2.05, 4.69) is 10.6 Å². The van der Waals surface area contributed by atoms with Crippen LogP contribution in [0.3, 0.4) is 0 Å². The highest BCUT2D eigenvalue weighted by Crippen LogP contribution is 1.93. The summed E-state index contributed by atoms with van der Waals surface area (Å²) in [5.74, 6) is 0.0483. The molecule has 0 saturated carbocycles. The Balaban J connectivity index is 3.47. The smallest absolute Gasteiger partial charge is 0.237 e. The molecule has 0 aromatic rings. The zero-order valence-electron chi connectivity index (χ0n) is 10.0. The molecule has 0 aromatic heterocycles. The molecule has 0 saturated heterocycles. The highest BCUT2D eigenvalue weighted by atomic mass is 16.2. The fourth-order valence-electron chi connectivity index (χ4n) is 1.23. The molecule has 0 spiro atoms. The normalized spacial score (nSPS) is 12.9. The number of aliphatic hydroxyl groups is 1. The van der Waals surface area contributed by atoms with Crippen LogP contribution in [0.2, 0.25) is 0 Å². The summed E-state index contributed by atoms with van der Waals surface area (Å²) in [4.78, 5) is 11.5.